The maximum absolute atomic E-state index is 12.9. The quantitative estimate of drug-likeness (QED) is 0.495. The molecule has 10 heteroatoms. The Labute approximate surface area is 182 Å². The molecule has 0 aliphatic carbocycles. The van der Waals surface area contributed by atoms with Crippen LogP contribution < -0.4 is 25.2 Å². The minimum absolute atomic E-state index is 0.210. The van der Waals surface area contributed by atoms with Gasteiger partial charge in [-0.3, -0.25) is 15.0 Å². The Kier molecular flexibility index (Phi) is 5.50. The largest absolute Gasteiger partial charge is 0.493 e. The van der Waals surface area contributed by atoms with E-state index in [1.165, 1.54) is 46.0 Å². The summed E-state index contributed by atoms with van der Waals surface area (Å²) in [4.78, 5) is 30.1. The molecule has 0 bridgehead atoms. The number of nitrogens with zero attached hydrogens (tertiary/aromatic N) is 4. The standard InChI is InChI=1S/C22H21N5O5/c1-13-5-7-15(8-6-13)27-20-16(11-24-27)22(29)26(12-23-20)25-21(28)14-9-17(30-2)19(32-4)18(10-14)31-3/h5-12H,1-4H3,(H,25,28). The topological polar surface area (TPSA) is 110 Å². The molecule has 2 aromatic heterocycles. The van der Waals surface area contributed by atoms with Gasteiger partial charge < -0.3 is 14.2 Å². The van der Waals surface area contributed by atoms with Crippen molar-refractivity contribution >= 4 is 16.9 Å². The van der Waals surface area contributed by atoms with Crippen molar-refractivity contribution < 1.29 is 19.0 Å². The van der Waals surface area contributed by atoms with Gasteiger partial charge in [0.1, 0.15) is 11.7 Å². The first-order valence-corrected chi connectivity index (χ1v) is 9.60. The second-order valence-corrected chi connectivity index (χ2v) is 6.90. The van der Waals surface area contributed by atoms with Gasteiger partial charge in [-0.25, -0.2) is 14.3 Å². The molecule has 0 atom stereocenters. The van der Waals surface area contributed by atoms with Crippen LogP contribution in [-0.2, 0) is 0 Å². The first-order chi connectivity index (χ1) is 15.5. The van der Waals surface area contributed by atoms with Crippen molar-refractivity contribution in [3.63, 3.8) is 0 Å². The number of benzene rings is 2. The number of methoxy groups -OCH3 is 3. The van der Waals surface area contributed by atoms with Gasteiger partial charge in [0.25, 0.3) is 11.5 Å². The SMILES string of the molecule is COc1cc(C(=O)Nn2cnc3c(cnn3-c3ccc(C)cc3)c2=O)cc(OC)c1OC. The first kappa shape index (κ1) is 20.9. The molecule has 2 heterocycles. The van der Waals surface area contributed by atoms with Gasteiger partial charge in [-0.15, -0.1) is 0 Å². The van der Waals surface area contributed by atoms with E-state index in [0.29, 0.717) is 22.9 Å². The summed E-state index contributed by atoms with van der Waals surface area (Å²) >= 11 is 0. The molecule has 1 N–H and O–H groups in total. The van der Waals surface area contributed by atoms with E-state index in [2.05, 4.69) is 15.5 Å². The van der Waals surface area contributed by atoms with Crippen molar-refractivity contribution in [1.82, 2.24) is 19.4 Å². The summed E-state index contributed by atoms with van der Waals surface area (Å²) < 4.78 is 18.4. The van der Waals surface area contributed by atoms with Gasteiger partial charge in [0.2, 0.25) is 5.75 Å². The normalized spacial score (nSPS) is 10.8. The zero-order valence-electron chi connectivity index (χ0n) is 17.9. The molecule has 0 radical (unpaired) electrons. The summed E-state index contributed by atoms with van der Waals surface area (Å²) in [5.41, 5.74) is 4.54. The molecule has 2 aromatic carbocycles. The highest BCUT2D eigenvalue weighted by molar-refractivity contribution is 6.01. The van der Waals surface area contributed by atoms with Crippen LogP contribution >= 0.6 is 0 Å². The number of aryl methyl sites for hydroxylation is 1. The predicted molar refractivity (Wildman–Crippen MR) is 118 cm³/mol. The van der Waals surface area contributed by atoms with Gasteiger partial charge in [0, 0.05) is 5.56 Å². The number of nitrogens with one attached hydrogen (secondary N) is 1. The van der Waals surface area contributed by atoms with Crippen molar-refractivity contribution in [3.8, 4) is 22.9 Å². The third kappa shape index (κ3) is 3.62. The number of fused-ring (bicyclic) bond motifs is 1. The van der Waals surface area contributed by atoms with Crippen LogP contribution in [0.15, 0.2) is 53.7 Å². The summed E-state index contributed by atoms with van der Waals surface area (Å²) in [5.74, 6) is 0.434. The highest BCUT2D eigenvalue weighted by Gasteiger charge is 2.18. The van der Waals surface area contributed by atoms with Crippen molar-refractivity contribution in [2.24, 2.45) is 0 Å². The summed E-state index contributed by atoms with van der Waals surface area (Å²) in [6, 6.07) is 10.7. The molecule has 0 spiro atoms. The molecule has 0 saturated heterocycles. The molecule has 4 aromatic rings. The average Bonchev–Trinajstić information content (AvgIpc) is 3.25. The summed E-state index contributed by atoms with van der Waals surface area (Å²) in [7, 11) is 4.37. The number of hydrogen-bond donors (Lipinski definition) is 1. The highest BCUT2D eigenvalue weighted by atomic mass is 16.5. The van der Waals surface area contributed by atoms with E-state index in [4.69, 9.17) is 14.2 Å². The monoisotopic (exact) mass is 435 g/mol. The van der Waals surface area contributed by atoms with Crippen LogP contribution in [0.25, 0.3) is 16.7 Å². The molecule has 0 fully saturated rings. The molecule has 0 unspecified atom stereocenters. The molecule has 164 valence electrons. The Hall–Kier alpha value is -4.34. The van der Waals surface area contributed by atoms with Gasteiger partial charge in [-0.05, 0) is 31.2 Å². The number of aromatic nitrogens is 4. The summed E-state index contributed by atoms with van der Waals surface area (Å²) in [5, 5.41) is 4.54. The maximum Gasteiger partial charge on any atom is 0.283 e. The van der Waals surface area contributed by atoms with Crippen molar-refractivity contribution in [2.75, 3.05) is 26.8 Å². The van der Waals surface area contributed by atoms with Crippen LogP contribution in [0, 0.1) is 6.92 Å². The number of hydrogen-bond acceptors (Lipinski definition) is 7. The third-order valence-corrected chi connectivity index (χ3v) is 4.92. The lowest BCUT2D eigenvalue weighted by atomic mass is 10.1. The molecule has 1 amide bonds. The lowest BCUT2D eigenvalue weighted by Gasteiger charge is -2.14. The molecule has 32 heavy (non-hydrogen) atoms. The minimum atomic E-state index is -0.557. The lowest BCUT2D eigenvalue weighted by Crippen LogP contribution is -2.33. The third-order valence-electron chi connectivity index (χ3n) is 4.92. The Morgan fingerprint density at radius 2 is 1.66 bits per heavy atom. The number of rotatable bonds is 6. The second kappa shape index (κ2) is 8.42. The van der Waals surface area contributed by atoms with Crippen molar-refractivity contribution in [2.45, 2.75) is 6.92 Å². The average molecular weight is 435 g/mol. The van der Waals surface area contributed by atoms with Crippen LogP contribution in [0.2, 0.25) is 0 Å². The predicted octanol–water partition coefficient (Wildman–Crippen LogP) is 2.30. The van der Waals surface area contributed by atoms with Gasteiger partial charge in [0.15, 0.2) is 17.1 Å². The fourth-order valence-electron chi connectivity index (χ4n) is 3.25. The zero-order valence-corrected chi connectivity index (χ0v) is 17.9. The number of ether oxygens (including phenoxy) is 3. The molecular formula is C22H21N5O5. The van der Waals surface area contributed by atoms with Crippen LogP contribution in [0.1, 0.15) is 15.9 Å². The van der Waals surface area contributed by atoms with Crippen molar-refractivity contribution in [3.05, 3.63) is 70.4 Å². The van der Waals surface area contributed by atoms with Crippen LogP contribution in [0.3, 0.4) is 0 Å². The second-order valence-electron chi connectivity index (χ2n) is 6.90. The molecular weight excluding hydrogens is 414 g/mol. The Balaban J connectivity index is 1.68. The van der Waals surface area contributed by atoms with Gasteiger partial charge in [-0.2, -0.15) is 5.10 Å². The van der Waals surface area contributed by atoms with Crippen LogP contribution in [0.5, 0.6) is 17.2 Å². The van der Waals surface area contributed by atoms with E-state index in [1.807, 2.05) is 31.2 Å². The summed E-state index contributed by atoms with van der Waals surface area (Å²) in [6.07, 6.45) is 2.67. The summed E-state index contributed by atoms with van der Waals surface area (Å²) in [6.45, 7) is 1.98. The zero-order chi connectivity index (χ0) is 22.8. The van der Waals surface area contributed by atoms with Gasteiger partial charge in [-0.1, -0.05) is 17.7 Å². The van der Waals surface area contributed by atoms with Crippen LogP contribution in [0.4, 0.5) is 0 Å². The van der Waals surface area contributed by atoms with E-state index in [-0.39, 0.29) is 10.9 Å². The van der Waals surface area contributed by atoms with E-state index in [9.17, 15) is 9.59 Å². The first-order valence-electron chi connectivity index (χ1n) is 9.60. The van der Waals surface area contributed by atoms with E-state index < -0.39 is 11.5 Å². The Morgan fingerprint density at radius 3 is 2.25 bits per heavy atom. The van der Waals surface area contributed by atoms with Crippen molar-refractivity contribution in [1.29, 1.82) is 0 Å². The van der Waals surface area contributed by atoms with Gasteiger partial charge >= 0.3 is 0 Å². The fourth-order valence-corrected chi connectivity index (χ4v) is 3.25. The Morgan fingerprint density at radius 1 is 1.00 bits per heavy atom. The molecule has 0 aliphatic rings. The molecule has 10 nitrogen and oxygen atoms in total. The number of carbonyl (C=O) groups excluding carboxylic acids is 1. The highest BCUT2D eigenvalue weighted by Crippen LogP contribution is 2.38. The molecule has 0 aliphatic heterocycles. The molecule has 0 saturated carbocycles. The van der Waals surface area contributed by atoms with E-state index in [1.54, 1.807) is 4.68 Å². The van der Waals surface area contributed by atoms with E-state index >= 15 is 0 Å². The fraction of sp³-hybridized carbons (Fsp3) is 0.182. The lowest BCUT2D eigenvalue weighted by molar-refractivity contribution is 0.101. The molecule has 4 rings (SSSR count). The number of carbonyl (C=O) groups is 1. The van der Waals surface area contributed by atoms with Gasteiger partial charge in [0.05, 0.1) is 33.2 Å². The van der Waals surface area contributed by atoms with E-state index in [0.717, 1.165) is 15.9 Å². The van der Waals surface area contributed by atoms with Crippen LogP contribution in [-0.4, -0.2) is 46.7 Å². The maximum atomic E-state index is 12.9. The smallest absolute Gasteiger partial charge is 0.283 e. The minimum Gasteiger partial charge on any atom is -0.493 e. The Bertz CT molecular complexity index is 1330. The number of amides is 1.